The average molecular weight is 215 g/mol. The van der Waals surface area contributed by atoms with Crippen molar-refractivity contribution in [3.8, 4) is 11.4 Å². The Hall–Kier alpha value is -2.48. The van der Waals surface area contributed by atoms with Crippen LogP contribution in [0.2, 0.25) is 0 Å². The highest BCUT2D eigenvalue weighted by atomic mass is 19.1. The van der Waals surface area contributed by atoms with Gasteiger partial charge in [0, 0.05) is 11.8 Å². The first-order valence-electron chi connectivity index (χ1n) is 4.43. The van der Waals surface area contributed by atoms with Crippen molar-refractivity contribution in [2.75, 3.05) is 0 Å². The van der Waals surface area contributed by atoms with Crippen LogP contribution in [0.5, 0.6) is 0 Å². The lowest BCUT2D eigenvalue weighted by Crippen LogP contribution is -2.07. The van der Waals surface area contributed by atoms with Gasteiger partial charge in [0.15, 0.2) is 0 Å². The molecule has 1 aromatic heterocycles. The SMILES string of the molecule is [C-]#[N+]c1cnc(-c2ccc(F)cc2)[nH]c1=O. The molecule has 0 aliphatic heterocycles. The Labute approximate surface area is 90.2 Å². The van der Waals surface area contributed by atoms with Gasteiger partial charge < -0.3 is 4.98 Å². The number of hydrogen-bond acceptors (Lipinski definition) is 2. The number of rotatable bonds is 1. The molecule has 0 fully saturated rings. The molecule has 0 aliphatic rings. The van der Waals surface area contributed by atoms with Crippen molar-refractivity contribution in [3.05, 3.63) is 58.1 Å². The molecule has 1 N–H and O–H groups in total. The molecule has 0 saturated carbocycles. The van der Waals surface area contributed by atoms with E-state index in [0.717, 1.165) is 0 Å². The fourth-order valence-corrected chi connectivity index (χ4v) is 1.22. The monoisotopic (exact) mass is 215 g/mol. The first-order chi connectivity index (χ1) is 7.70. The third kappa shape index (κ3) is 1.81. The van der Waals surface area contributed by atoms with Crippen LogP contribution < -0.4 is 5.56 Å². The van der Waals surface area contributed by atoms with E-state index in [0.29, 0.717) is 11.4 Å². The largest absolute Gasteiger partial charge is 0.316 e. The maximum Gasteiger partial charge on any atom is 0.268 e. The minimum Gasteiger partial charge on any atom is -0.316 e. The van der Waals surface area contributed by atoms with Gasteiger partial charge in [0.1, 0.15) is 11.6 Å². The van der Waals surface area contributed by atoms with Crippen molar-refractivity contribution >= 4 is 5.69 Å². The highest BCUT2D eigenvalue weighted by Crippen LogP contribution is 2.14. The van der Waals surface area contributed by atoms with Gasteiger partial charge in [0.25, 0.3) is 11.2 Å². The zero-order chi connectivity index (χ0) is 11.5. The second kappa shape index (κ2) is 3.95. The van der Waals surface area contributed by atoms with E-state index in [2.05, 4.69) is 14.8 Å². The molecule has 2 aromatic rings. The summed E-state index contributed by atoms with van der Waals surface area (Å²) in [5, 5.41) is 0. The zero-order valence-corrected chi connectivity index (χ0v) is 8.07. The average Bonchev–Trinajstić information content (AvgIpc) is 2.30. The van der Waals surface area contributed by atoms with Crippen LogP contribution >= 0.6 is 0 Å². The van der Waals surface area contributed by atoms with Gasteiger partial charge in [-0.05, 0) is 24.3 Å². The summed E-state index contributed by atoms with van der Waals surface area (Å²) < 4.78 is 12.7. The smallest absolute Gasteiger partial charge is 0.268 e. The molecule has 0 radical (unpaired) electrons. The lowest BCUT2D eigenvalue weighted by atomic mass is 10.2. The van der Waals surface area contributed by atoms with Crippen LogP contribution in [0.4, 0.5) is 10.1 Å². The molecule has 1 heterocycles. The Kier molecular flexibility index (Phi) is 2.48. The van der Waals surface area contributed by atoms with Crippen molar-refractivity contribution in [2.45, 2.75) is 0 Å². The number of aromatic nitrogens is 2. The van der Waals surface area contributed by atoms with E-state index >= 15 is 0 Å². The maximum atomic E-state index is 12.7. The number of hydrogen-bond donors (Lipinski definition) is 1. The first-order valence-corrected chi connectivity index (χ1v) is 4.43. The molecule has 78 valence electrons. The summed E-state index contributed by atoms with van der Waals surface area (Å²) in [6.45, 7) is 6.70. The van der Waals surface area contributed by atoms with Crippen LogP contribution in [0.15, 0.2) is 35.3 Å². The molecule has 0 atom stereocenters. The highest BCUT2D eigenvalue weighted by molar-refractivity contribution is 5.55. The minimum absolute atomic E-state index is 0.0640. The summed E-state index contributed by atoms with van der Waals surface area (Å²) in [7, 11) is 0. The van der Waals surface area contributed by atoms with Crippen LogP contribution in [-0.4, -0.2) is 9.97 Å². The first kappa shape index (κ1) is 10.1. The summed E-state index contributed by atoms with van der Waals surface area (Å²) in [5.74, 6) is -0.0405. The van der Waals surface area contributed by atoms with E-state index in [-0.39, 0.29) is 11.5 Å². The predicted molar refractivity (Wildman–Crippen MR) is 56.5 cm³/mol. The summed E-state index contributed by atoms with van der Waals surface area (Å²) >= 11 is 0. The molecule has 1 aromatic carbocycles. The van der Waals surface area contributed by atoms with Crippen molar-refractivity contribution in [1.82, 2.24) is 9.97 Å². The molecule has 2 rings (SSSR count). The molecular weight excluding hydrogens is 209 g/mol. The van der Waals surface area contributed by atoms with Crippen LogP contribution in [0, 0.1) is 12.4 Å². The van der Waals surface area contributed by atoms with E-state index < -0.39 is 5.56 Å². The fraction of sp³-hybridized carbons (Fsp3) is 0. The molecule has 0 bridgehead atoms. The molecular formula is C11H6FN3O. The number of nitrogens with one attached hydrogen (secondary N) is 1. The Balaban J connectivity index is 2.50. The van der Waals surface area contributed by atoms with E-state index in [1.165, 1.54) is 30.5 Å². The van der Waals surface area contributed by atoms with Crippen LogP contribution in [0.1, 0.15) is 0 Å². The van der Waals surface area contributed by atoms with Gasteiger partial charge in [-0.3, -0.25) is 4.79 Å². The van der Waals surface area contributed by atoms with Gasteiger partial charge in [0.05, 0.1) is 6.57 Å². The number of aromatic amines is 1. The van der Waals surface area contributed by atoms with Gasteiger partial charge >= 0.3 is 0 Å². The standard InChI is InChI=1S/C11H6FN3O/c1-13-9-6-14-10(15-11(9)16)7-2-4-8(12)5-3-7/h2-6H,(H,14,15,16). The Morgan fingerprint density at radius 3 is 2.56 bits per heavy atom. The van der Waals surface area contributed by atoms with E-state index in [9.17, 15) is 9.18 Å². The van der Waals surface area contributed by atoms with Gasteiger partial charge in [-0.2, -0.15) is 0 Å². The molecule has 16 heavy (non-hydrogen) atoms. The van der Waals surface area contributed by atoms with E-state index in [1.54, 1.807) is 0 Å². The normalized spacial score (nSPS) is 9.75. The topological polar surface area (TPSA) is 50.1 Å². The van der Waals surface area contributed by atoms with Gasteiger partial charge in [-0.1, -0.05) is 0 Å². The predicted octanol–water partition coefficient (Wildman–Crippen LogP) is 2.13. The summed E-state index contributed by atoms with van der Waals surface area (Å²) in [4.78, 5) is 20.7. The zero-order valence-electron chi connectivity index (χ0n) is 8.07. The van der Waals surface area contributed by atoms with Gasteiger partial charge in [-0.25, -0.2) is 14.2 Å². The quantitative estimate of drug-likeness (QED) is 0.741. The number of H-pyrrole nitrogens is 1. The molecule has 0 amide bonds. The molecule has 5 heteroatoms. The second-order valence-corrected chi connectivity index (χ2v) is 3.06. The lowest BCUT2D eigenvalue weighted by molar-refractivity contribution is 0.628. The van der Waals surface area contributed by atoms with Crippen LogP contribution in [-0.2, 0) is 0 Å². The van der Waals surface area contributed by atoms with Crippen molar-refractivity contribution < 1.29 is 4.39 Å². The molecule has 0 unspecified atom stereocenters. The van der Waals surface area contributed by atoms with Crippen LogP contribution in [0.25, 0.3) is 16.2 Å². The summed E-state index contributed by atoms with van der Waals surface area (Å²) in [5.41, 5.74) is 0.0326. The number of halogens is 1. The minimum atomic E-state index is -0.496. The fourth-order valence-electron chi connectivity index (χ4n) is 1.22. The molecule has 0 saturated heterocycles. The summed E-state index contributed by atoms with van der Waals surface area (Å²) in [6.07, 6.45) is 1.20. The summed E-state index contributed by atoms with van der Waals surface area (Å²) in [6, 6.07) is 5.56. The Morgan fingerprint density at radius 1 is 1.31 bits per heavy atom. The van der Waals surface area contributed by atoms with Gasteiger partial charge in [-0.15, -0.1) is 0 Å². The maximum absolute atomic E-state index is 12.7. The Bertz CT molecular complexity index is 610. The highest BCUT2D eigenvalue weighted by Gasteiger charge is 2.04. The second-order valence-electron chi connectivity index (χ2n) is 3.06. The van der Waals surface area contributed by atoms with E-state index in [4.69, 9.17) is 6.57 Å². The lowest BCUT2D eigenvalue weighted by Gasteiger charge is -1.99. The van der Waals surface area contributed by atoms with Crippen molar-refractivity contribution in [2.24, 2.45) is 0 Å². The molecule has 0 spiro atoms. The third-order valence-electron chi connectivity index (χ3n) is 2.02. The van der Waals surface area contributed by atoms with E-state index in [1.807, 2.05) is 0 Å². The van der Waals surface area contributed by atoms with Crippen molar-refractivity contribution in [3.63, 3.8) is 0 Å². The van der Waals surface area contributed by atoms with Gasteiger partial charge in [0.2, 0.25) is 0 Å². The number of benzene rings is 1. The molecule has 0 aliphatic carbocycles. The third-order valence-corrected chi connectivity index (χ3v) is 2.02. The van der Waals surface area contributed by atoms with Crippen LogP contribution in [0.3, 0.4) is 0 Å². The Morgan fingerprint density at radius 2 is 2.00 bits per heavy atom. The van der Waals surface area contributed by atoms with Crippen molar-refractivity contribution in [1.29, 1.82) is 0 Å². The number of nitrogens with zero attached hydrogens (tertiary/aromatic N) is 2. The molecule has 4 nitrogen and oxygen atoms in total.